The van der Waals surface area contributed by atoms with Gasteiger partial charge in [0.1, 0.15) is 0 Å². The van der Waals surface area contributed by atoms with E-state index < -0.39 is 0 Å². The van der Waals surface area contributed by atoms with Gasteiger partial charge in [-0.1, -0.05) is 30.7 Å². The van der Waals surface area contributed by atoms with Crippen LogP contribution in [0.2, 0.25) is 0 Å². The molecule has 19 heavy (non-hydrogen) atoms. The normalized spacial score (nSPS) is 20.3. The van der Waals surface area contributed by atoms with Gasteiger partial charge >= 0.3 is 0 Å². The van der Waals surface area contributed by atoms with Crippen molar-refractivity contribution in [3.63, 3.8) is 0 Å². The van der Waals surface area contributed by atoms with E-state index in [9.17, 15) is 0 Å². The highest BCUT2D eigenvalue weighted by Crippen LogP contribution is 2.29. The van der Waals surface area contributed by atoms with Crippen LogP contribution in [-0.2, 0) is 6.54 Å². The van der Waals surface area contributed by atoms with Crippen LogP contribution in [0.15, 0.2) is 29.5 Å². The number of hydrogen-bond acceptors (Lipinski definition) is 4. The third-order valence-electron chi connectivity index (χ3n) is 3.87. The highest BCUT2D eigenvalue weighted by atomic mass is 32.2. The van der Waals surface area contributed by atoms with E-state index in [4.69, 9.17) is 4.99 Å². The van der Waals surface area contributed by atoms with E-state index in [1.54, 1.807) is 0 Å². The molecule has 0 saturated heterocycles. The van der Waals surface area contributed by atoms with Crippen molar-refractivity contribution in [2.24, 2.45) is 4.99 Å². The summed E-state index contributed by atoms with van der Waals surface area (Å²) in [5.74, 6) is 1.22. The van der Waals surface area contributed by atoms with Crippen LogP contribution in [-0.4, -0.2) is 33.4 Å². The predicted molar refractivity (Wildman–Crippen MR) is 81.4 cm³/mol. The van der Waals surface area contributed by atoms with Gasteiger partial charge in [-0.3, -0.25) is 9.98 Å². The van der Waals surface area contributed by atoms with Gasteiger partial charge in [0.25, 0.3) is 0 Å². The number of aromatic nitrogens is 1. The Bertz CT molecular complexity index is 426. The summed E-state index contributed by atoms with van der Waals surface area (Å²) in [4.78, 5) is 11.5. The highest BCUT2D eigenvalue weighted by molar-refractivity contribution is 8.13. The zero-order chi connectivity index (χ0) is 12.9. The van der Waals surface area contributed by atoms with Crippen molar-refractivity contribution in [3.05, 3.63) is 30.1 Å². The van der Waals surface area contributed by atoms with E-state index in [0.717, 1.165) is 13.1 Å². The van der Waals surface area contributed by atoms with Gasteiger partial charge in [-0.05, 0) is 30.9 Å². The molecule has 1 aromatic heterocycles. The molecule has 0 aromatic carbocycles. The molecule has 1 saturated carbocycles. The second-order valence-corrected chi connectivity index (χ2v) is 6.36. The summed E-state index contributed by atoms with van der Waals surface area (Å²) >= 11 is 1.93. The second kappa shape index (κ2) is 6.42. The molecule has 1 fully saturated rings. The summed E-state index contributed by atoms with van der Waals surface area (Å²) in [6.45, 7) is 1.96. The summed E-state index contributed by atoms with van der Waals surface area (Å²) in [7, 11) is 0. The van der Waals surface area contributed by atoms with Crippen LogP contribution in [0.5, 0.6) is 0 Å². The van der Waals surface area contributed by atoms with Crippen molar-refractivity contribution in [2.75, 3.05) is 12.3 Å². The Hall–Kier alpha value is -1.03. The molecule has 0 spiro atoms. The number of hydrogen-bond donors (Lipinski definition) is 0. The lowest BCUT2D eigenvalue weighted by Gasteiger charge is -2.33. The minimum absolute atomic E-state index is 0.685. The van der Waals surface area contributed by atoms with Crippen LogP contribution >= 0.6 is 11.8 Å². The van der Waals surface area contributed by atoms with E-state index in [1.807, 2.05) is 30.2 Å². The molecular formula is C15H21N3S. The first-order valence-corrected chi connectivity index (χ1v) is 8.25. The van der Waals surface area contributed by atoms with Crippen molar-refractivity contribution < 1.29 is 0 Å². The first-order chi connectivity index (χ1) is 9.43. The third-order valence-corrected chi connectivity index (χ3v) is 4.98. The molecule has 1 aliphatic carbocycles. The molecular weight excluding hydrogens is 254 g/mol. The molecule has 0 unspecified atom stereocenters. The second-order valence-electron chi connectivity index (χ2n) is 5.29. The van der Waals surface area contributed by atoms with Gasteiger partial charge in [0.05, 0.1) is 0 Å². The average molecular weight is 275 g/mol. The van der Waals surface area contributed by atoms with Crippen molar-refractivity contribution in [3.8, 4) is 0 Å². The lowest BCUT2D eigenvalue weighted by Crippen LogP contribution is -2.38. The van der Waals surface area contributed by atoms with Gasteiger partial charge in [0.2, 0.25) is 0 Å². The lowest BCUT2D eigenvalue weighted by atomic mass is 10.2. The average Bonchev–Trinajstić information content (AvgIpc) is 3.01. The monoisotopic (exact) mass is 275 g/mol. The molecule has 1 aliphatic heterocycles. The summed E-state index contributed by atoms with van der Waals surface area (Å²) in [5, 5.41) is 1.27. The van der Waals surface area contributed by atoms with Crippen LogP contribution in [0.3, 0.4) is 0 Å². The van der Waals surface area contributed by atoms with Crippen molar-refractivity contribution in [1.29, 1.82) is 0 Å². The van der Waals surface area contributed by atoms with E-state index >= 15 is 0 Å². The molecule has 4 heteroatoms. The number of thioether (sulfide) groups is 1. The molecule has 0 bridgehead atoms. The molecule has 102 valence electrons. The van der Waals surface area contributed by atoms with Crippen LogP contribution < -0.4 is 0 Å². The molecule has 0 amide bonds. The molecule has 3 nitrogen and oxygen atoms in total. The smallest absolute Gasteiger partial charge is 0.159 e. The fraction of sp³-hybridized carbons (Fsp3) is 0.600. The highest BCUT2D eigenvalue weighted by Gasteiger charge is 2.26. The Morgan fingerprint density at radius 3 is 2.84 bits per heavy atom. The number of pyridine rings is 1. The van der Waals surface area contributed by atoms with E-state index in [1.165, 1.54) is 48.6 Å². The Balaban J connectivity index is 1.77. The summed E-state index contributed by atoms with van der Waals surface area (Å²) in [6, 6.07) is 4.88. The Labute approximate surface area is 119 Å². The maximum atomic E-state index is 4.76. The Morgan fingerprint density at radius 1 is 1.26 bits per heavy atom. The first-order valence-electron chi connectivity index (χ1n) is 7.26. The third kappa shape index (κ3) is 3.30. The number of rotatable bonds is 3. The van der Waals surface area contributed by atoms with Crippen LogP contribution in [0.1, 0.15) is 37.7 Å². The number of nitrogens with zero attached hydrogens (tertiary/aromatic N) is 3. The van der Waals surface area contributed by atoms with Crippen molar-refractivity contribution in [2.45, 2.75) is 44.7 Å². The topological polar surface area (TPSA) is 28.5 Å². The maximum absolute atomic E-state index is 4.76. The predicted octanol–water partition coefficient (Wildman–Crippen LogP) is 3.32. The van der Waals surface area contributed by atoms with Crippen molar-refractivity contribution in [1.82, 2.24) is 9.88 Å². The zero-order valence-corrected chi connectivity index (χ0v) is 12.1. The summed E-state index contributed by atoms with van der Waals surface area (Å²) in [5.41, 5.74) is 1.29. The minimum Gasteiger partial charge on any atom is -0.344 e. The molecule has 2 heterocycles. The summed E-state index contributed by atoms with van der Waals surface area (Å²) in [6.07, 6.45) is 10.4. The SMILES string of the molecule is c1cncc(CN(C2=NCCCS2)C2CCCC2)c1. The maximum Gasteiger partial charge on any atom is 0.159 e. The molecule has 0 radical (unpaired) electrons. The van der Waals surface area contributed by atoms with Crippen LogP contribution in [0.25, 0.3) is 0 Å². The quantitative estimate of drug-likeness (QED) is 0.847. The zero-order valence-electron chi connectivity index (χ0n) is 11.3. The van der Waals surface area contributed by atoms with Crippen LogP contribution in [0.4, 0.5) is 0 Å². The van der Waals surface area contributed by atoms with E-state index in [2.05, 4.69) is 16.0 Å². The fourth-order valence-electron chi connectivity index (χ4n) is 2.88. The molecule has 0 atom stereocenters. The van der Waals surface area contributed by atoms with Gasteiger partial charge < -0.3 is 4.90 Å². The molecule has 2 aliphatic rings. The van der Waals surface area contributed by atoms with E-state index in [-0.39, 0.29) is 0 Å². The standard InChI is InChI=1S/C15H21N3S/c1-2-7-14(6-1)18(15-17-9-4-10-19-15)12-13-5-3-8-16-11-13/h3,5,8,11,14H,1-2,4,6-7,9-10,12H2. The Morgan fingerprint density at radius 2 is 2.16 bits per heavy atom. The lowest BCUT2D eigenvalue weighted by molar-refractivity contribution is 0.312. The van der Waals surface area contributed by atoms with Gasteiger partial charge in [-0.15, -0.1) is 0 Å². The number of amidine groups is 1. The molecule has 3 rings (SSSR count). The van der Waals surface area contributed by atoms with Gasteiger partial charge in [-0.25, -0.2) is 0 Å². The molecule has 1 aromatic rings. The van der Waals surface area contributed by atoms with E-state index in [0.29, 0.717) is 6.04 Å². The van der Waals surface area contributed by atoms with Crippen LogP contribution in [0, 0.1) is 0 Å². The van der Waals surface area contributed by atoms with Crippen molar-refractivity contribution >= 4 is 16.9 Å². The van der Waals surface area contributed by atoms with Gasteiger partial charge in [-0.2, -0.15) is 0 Å². The van der Waals surface area contributed by atoms with Gasteiger partial charge in [0, 0.05) is 37.3 Å². The van der Waals surface area contributed by atoms with Gasteiger partial charge in [0.15, 0.2) is 5.17 Å². The Kier molecular flexibility index (Phi) is 4.38. The largest absolute Gasteiger partial charge is 0.344 e. The summed E-state index contributed by atoms with van der Waals surface area (Å²) < 4.78 is 0. The molecule has 0 N–H and O–H groups in total. The minimum atomic E-state index is 0.685. The number of aliphatic imine (C=N–C) groups is 1. The fourth-order valence-corrected chi connectivity index (χ4v) is 3.90. The first kappa shape index (κ1) is 13.0.